The number of nitro groups is 1. The number of para-hydroxylation sites is 1. The molecule has 8 heteroatoms. The van der Waals surface area contributed by atoms with Gasteiger partial charge in [-0.25, -0.2) is 0 Å². The van der Waals surface area contributed by atoms with Crippen LogP contribution in [0.4, 0.5) is 5.69 Å². The summed E-state index contributed by atoms with van der Waals surface area (Å²) < 4.78 is 1.64. The van der Waals surface area contributed by atoms with Crippen molar-refractivity contribution < 1.29 is 4.92 Å². The maximum atomic E-state index is 10.9. The van der Waals surface area contributed by atoms with E-state index in [9.17, 15) is 10.1 Å². The van der Waals surface area contributed by atoms with Crippen molar-refractivity contribution in [2.45, 2.75) is 5.16 Å². The number of thioether (sulfide) groups is 1. The fraction of sp³-hybridized carbons (Fsp3) is 0.0625. The van der Waals surface area contributed by atoms with Crippen LogP contribution in [-0.4, -0.2) is 30.9 Å². The van der Waals surface area contributed by atoms with E-state index in [0.29, 0.717) is 10.9 Å². The Kier molecular flexibility index (Phi) is 4.66. The predicted octanol–water partition coefficient (Wildman–Crippen LogP) is 3.38. The minimum absolute atomic E-state index is 0.0489. The van der Waals surface area contributed by atoms with E-state index in [4.69, 9.17) is 0 Å². The Balaban J connectivity index is 1.73. The van der Waals surface area contributed by atoms with Crippen molar-refractivity contribution in [1.29, 1.82) is 0 Å². The van der Waals surface area contributed by atoms with Gasteiger partial charge in [0.15, 0.2) is 0 Å². The van der Waals surface area contributed by atoms with E-state index >= 15 is 0 Å². The number of rotatable bonds is 6. The zero-order valence-corrected chi connectivity index (χ0v) is 13.4. The first-order chi connectivity index (χ1) is 11.6. The second-order valence-electron chi connectivity index (χ2n) is 4.91. The van der Waals surface area contributed by atoms with Crippen molar-refractivity contribution in [2.24, 2.45) is 0 Å². The number of hydrogen-bond donors (Lipinski definition) is 0. The summed E-state index contributed by atoms with van der Waals surface area (Å²) in [5.41, 5.74) is 2.42. The van der Waals surface area contributed by atoms with Crippen LogP contribution in [0.2, 0.25) is 0 Å². The van der Waals surface area contributed by atoms with Gasteiger partial charge in [-0.1, -0.05) is 48.7 Å². The number of benzene rings is 2. The van der Waals surface area contributed by atoms with E-state index in [1.165, 1.54) is 23.9 Å². The Morgan fingerprint density at radius 3 is 2.75 bits per heavy atom. The van der Waals surface area contributed by atoms with Crippen molar-refractivity contribution in [2.75, 3.05) is 5.75 Å². The Morgan fingerprint density at radius 1 is 1.21 bits per heavy atom. The molecule has 3 rings (SSSR count). The number of hydrogen-bond acceptors (Lipinski definition) is 6. The highest BCUT2D eigenvalue weighted by molar-refractivity contribution is 7.99. The number of nitrogens with zero attached hydrogens (tertiary/aromatic N) is 5. The number of tetrazole rings is 1. The van der Waals surface area contributed by atoms with Crippen molar-refractivity contribution >= 4 is 23.0 Å². The smallest absolute Gasteiger partial charge is 0.258 e. The zero-order chi connectivity index (χ0) is 16.9. The first-order valence-electron chi connectivity index (χ1n) is 7.04. The number of aromatic nitrogens is 4. The van der Waals surface area contributed by atoms with Gasteiger partial charge in [0.05, 0.1) is 10.6 Å². The highest BCUT2D eigenvalue weighted by Crippen LogP contribution is 2.26. The van der Waals surface area contributed by atoms with Crippen LogP contribution in [0, 0.1) is 10.1 Å². The van der Waals surface area contributed by atoms with Crippen molar-refractivity contribution in [3.63, 3.8) is 0 Å². The summed E-state index contributed by atoms with van der Waals surface area (Å²) in [6.45, 7) is 4.01. The Morgan fingerprint density at radius 2 is 2.00 bits per heavy atom. The lowest BCUT2D eigenvalue weighted by atomic mass is 10.1. The molecule has 0 amide bonds. The molecular formula is C16H13N5O2S. The molecule has 24 heavy (non-hydrogen) atoms. The molecule has 0 saturated heterocycles. The van der Waals surface area contributed by atoms with Crippen LogP contribution >= 0.6 is 11.8 Å². The molecule has 0 aliphatic heterocycles. The second-order valence-corrected chi connectivity index (χ2v) is 5.85. The average Bonchev–Trinajstić information content (AvgIpc) is 3.09. The molecule has 0 saturated carbocycles. The quantitative estimate of drug-likeness (QED) is 0.389. The molecule has 2 aromatic carbocycles. The van der Waals surface area contributed by atoms with E-state index in [2.05, 4.69) is 22.1 Å². The van der Waals surface area contributed by atoms with E-state index in [-0.39, 0.29) is 5.69 Å². The van der Waals surface area contributed by atoms with Crippen LogP contribution in [0.25, 0.3) is 11.3 Å². The molecule has 0 fully saturated rings. The first-order valence-corrected chi connectivity index (χ1v) is 8.03. The van der Waals surface area contributed by atoms with Crippen molar-refractivity contribution in [3.8, 4) is 5.69 Å². The highest BCUT2D eigenvalue weighted by atomic mass is 32.2. The summed E-state index contributed by atoms with van der Waals surface area (Å²) in [5.74, 6) is 0.522. The van der Waals surface area contributed by atoms with Gasteiger partial charge in [-0.2, -0.15) is 4.68 Å². The van der Waals surface area contributed by atoms with Crippen LogP contribution in [0.1, 0.15) is 5.56 Å². The standard InChI is InChI=1S/C16H13N5O2S/c1-12(13-6-5-9-15(10-13)21(22)23)11-24-16-17-18-19-20(16)14-7-3-2-4-8-14/h2-10H,1,11H2. The van der Waals surface area contributed by atoms with Gasteiger partial charge in [0.2, 0.25) is 5.16 Å². The molecule has 0 aliphatic carbocycles. The molecule has 0 unspecified atom stereocenters. The monoisotopic (exact) mass is 339 g/mol. The SMILES string of the molecule is C=C(CSc1nnnn1-c1ccccc1)c1cccc([N+](=O)[O-])c1. The van der Waals surface area contributed by atoms with Gasteiger partial charge in [-0.3, -0.25) is 10.1 Å². The molecule has 1 heterocycles. The van der Waals surface area contributed by atoms with Gasteiger partial charge in [-0.15, -0.1) is 5.10 Å². The molecule has 0 spiro atoms. The third-order valence-electron chi connectivity index (χ3n) is 3.28. The van der Waals surface area contributed by atoms with Crippen LogP contribution in [0.5, 0.6) is 0 Å². The van der Waals surface area contributed by atoms with Crippen LogP contribution in [0.3, 0.4) is 0 Å². The van der Waals surface area contributed by atoms with E-state index in [0.717, 1.165) is 16.8 Å². The molecule has 3 aromatic rings. The molecular weight excluding hydrogens is 326 g/mol. The van der Waals surface area contributed by atoms with Gasteiger partial charge in [-0.05, 0) is 33.7 Å². The fourth-order valence-electron chi connectivity index (χ4n) is 2.07. The molecule has 120 valence electrons. The van der Waals surface area contributed by atoms with E-state index in [1.54, 1.807) is 16.8 Å². The summed E-state index contributed by atoms with van der Waals surface area (Å²) in [5, 5.41) is 23.2. The maximum absolute atomic E-state index is 10.9. The minimum Gasteiger partial charge on any atom is -0.258 e. The topological polar surface area (TPSA) is 86.7 Å². The number of nitro benzene ring substituents is 1. The molecule has 0 N–H and O–H groups in total. The number of non-ortho nitro benzene ring substituents is 1. The van der Waals surface area contributed by atoms with Gasteiger partial charge in [0, 0.05) is 17.9 Å². The summed E-state index contributed by atoms with van der Waals surface area (Å²) in [7, 11) is 0. The van der Waals surface area contributed by atoms with Crippen LogP contribution in [0.15, 0.2) is 66.3 Å². The van der Waals surface area contributed by atoms with Gasteiger partial charge >= 0.3 is 0 Å². The Hall–Kier alpha value is -3.00. The largest absolute Gasteiger partial charge is 0.270 e. The third-order valence-corrected chi connectivity index (χ3v) is 4.29. The zero-order valence-electron chi connectivity index (χ0n) is 12.6. The molecule has 0 radical (unpaired) electrons. The summed E-state index contributed by atoms with van der Waals surface area (Å²) in [6.07, 6.45) is 0. The second kappa shape index (κ2) is 7.05. The lowest BCUT2D eigenvalue weighted by Gasteiger charge is -2.06. The lowest BCUT2D eigenvalue weighted by molar-refractivity contribution is -0.384. The summed E-state index contributed by atoms with van der Waals surface area (Å²) in [6, 6.07) is 16.0. The average molecular weight is 339 g/mol. The highest BCUT2D eigenvalue weighted by Gasteiger charge is 2.12. The molecule has 0 atom stereocenters. The van der Waals surface area contributed by atoms with Crippen molar-refractivity contribution in [3.05, 3.63) is 76.9 Å². The molecule has 0 aliphatic rings. The van der Waals surface area contributed by atoms with Crippen LogP contribution < -0.4 is 0 Å². The Bertz CT molecular complexity index is 879. The van der Waals surface area contributed by atoms with E-state index in [1.807, 2.05) is 30.3 Å². The van der Waals surface area contributed by atoms with Crippen LogP contribution in [-0.2, 0) is 0 Å². The van der Waals surface area contributed by atoms with Gasteiger partial charge in [0.25, 0.3) is 5.69 Å². The molecule has 1 aromatic heterocycles. The minimum atomic E-state index is -0.417. The van der Waals surface area contributed by atoms with Gasteiger partial charge in [0.1, 0.15) is 0 Å². The normalized spacial score (nSPS) is 10.5. The van der Waals surface area contributed by atoms with Crippen molar-refractivity contribution in [1.82, 2.24) is 20.2 Å². The van der Waals surface area contributed by atoms with E-state index < -0.39 is 4.92 Å². The summed E-state index contributed by atoms with van der Waals surface area (Å²) >= 11 is 1.42. The lowest BCUT2D eigenvalue weighted by Crippen LogP contribution is -1.99. The first kappa shape index (κ1) is 15.9. The third kappa shape index (κ3) is 3.49. The summed E-state index contributed by atoms with van der Waals surface area (Å²) in [4.78, 5) is 10.4. The molecule has 0 bridgehead atoms. The molecule has 7 nitrogen and oxygen atoms in total. The maximum Gasteiger partial charge on any atom is 0.270 e. The Labute approximate surface area is 142 Å². The fourth-order valence-corrected chi connectivity index (χ4v) is 2.90. The predicted molar refractivity (Wildman–Crippen MR) is 92.0 cm³/mol. The van der Waals surface area contributed by atoms with Gasteiger partial charge < -0.3 is 0 Å².